The smallest absolute Gasteiger partial charge is 0.328 e. The zero-order chi connectivity index (χ0) is 24.9. The molecule has 0 bridgehead atoms. The number of methoxy groups -OCH3 is 1. The Morgan fingerprint density at radius 3 is 2.57 bits per heavy atom. The average Bonchev–Trinajstić information content (AvgIpc) is 3.35. The Kier molecular flexibility index (Phi) is 5.54. The van der Waals surface area contributed by atoms with Crippen molar-refractivity contribution in [2.45, 2.75) is 51.7 Å². The first-order valence-corrected chi connectivity index (χ1v) is 12.0. The van der Waals surface area contributed by atoms with Crippen LogP contribution >= 0.6 is 0 Å². The molecule has 8 nitrogen and oxygen atoms in total. The van der Waals surface area contributed by atoms with E-state index in [1.54, 1.807) is 25.9 Å². The fraction of sp³-hybridized carbons (Fsp3) is 0.370. The number of rotatable bonds is 6. The van der Waals surface area contributed by atoms with Gasteiger partial charge in [-0.2, -0.15) is 0 Å². The molecule has 3 aromatic rings. The van der Waals surface area contributed by atoms with Gasteiger partial charge in [0.25, 0.3) is 5.91 Å². The van der Waals surface area contributed by atoms with E-state index in [0.29, 0.717) is 25.2 Å². The highest BCUT2D eigenvalue weighted by molar-refractivity contribution is 6.11. The number of amides is 4. The summed E-state index contributed by atoms with van der Waals surface area (Å²) in [6.45, 7) is 6.18. The van der Waals surface area contributed by atoms with Crippen molar-refractivity contribution < 1.29 is 19.1 Å². The molecule has 35 heavy (non-hydrogen) atoms. The van der Waals surface area contributed by atoms with Gasteiger partial charge < -0.3 is 19.9 Å². The predicted molar refractivity (Wildman–Crippen MR) is 132 cm³/mol. The number of imide groups is 1. The molecule has 2 atom stereocenters. The van der Waals surface area contributed by atoms with E-state index in [2.05, 4.69) is 17.2 Å². The summed E-state index contributed by atoms with van der Waals surface area (Å²) in [5.74, 6) is -0.0230. The van der Waals surface area contributed by atoms with Crippen molar-refractivity contribution in [2.75, 3.05) is 13.7 Å². The van der Waals surface area contributed by atoms with Crippen molar-refractivity contribution in [2.24, 2.45) is 0 Å². The van der Waals surface area contributed by atoms with Crippen LogP contribution in [0.4, 0.5) is 4.79 Å². The third-order valence-electron chi connectivity index (χ3n) is 7.46. The van der Waals surface area contributed by atoms with Crippen molar-refractivity contribution in [3.63, 3.8) is 0 Å². The number of carbonyl (C=O) groups is 3. The first kappa shape index (κ1) is 23.0. The normalized spacial score (nSPS) is 20.1. The minimum Gasteiger partial charge on any atom is -0.497 e. The zero-order valence-electron chi connectivity index (χ0n) is 20.5. The standard InChI is InChI=1S/C27H30N4O4/c1-5-17-6-8-18(9-7-17)15-28-24(32)16(2)31-25(33)27(3)23-20(12-13-30(27)26(31)34)21-14-19(35-4)10-11-22(21)29-23/h6-11,14,16,29H,5,12-13,15H2,1-4H3,(H,28,32). The van der Waals surface area contributed by atoms with Gasteiger partial charge in [0.15, 0.2) is 5.54 Å². The quantitative estimate of drug-likeness (QED) is 0.535. The second kappa shape index (κ2) is 8.45. The van der Waals surface area contributed by atoms with Gasteiger partial charge in [-0.3, -0.25) is 9.59 Å². The number of aryl methyl sites for hydroxylation is 1. The first-order chi connectivity index (χ1) is 16.8. The van der Waals surface area contributed by atoms with E-state index in [1.807, 2.05) is 42.5 Å². The number of benzene rings is 2. The molecule has 2 aliphatic heterocycles. The Balaban J connectivity index is 1.40. The van der Waals surface area contributed by atoms with E-state index < -0.39 is 23.5 Å². The number of hydrogen-bond acceptors (Lipinski definition) is 4. The topological polar surface area (TPSA) is 94.7 Å². The van der Waals surface area contributed by atoms with E-state index in [-0.39, 0.29) is 5.91 Å². The maximum atomic E-state index is 13.8. The minimum atomic E-state index is -1.19. The molecule has 0 radical (unpaired) electrons. The third-order valence-corrected chi connectivity index (χ3v) is 7.46. The summed E-state index contributed by atoms with van der Waals surface area (Å²) in [7, 11) is 1.62. The molecule has 182 valence electrons. The number of urea groups is 1. The number of nitrogens with one attached hydrogen (secondary N) is 2. The maximum absolute atomic E-state index is 13.8. The minimum absolute atomic E-state index is 0.332. The van der Waals surface area contributed by atoms with Crippen LogP contribution in [0.5, 0.6) is 5.75 Å². The van der Waals surface area contributed by atoms with Crippen molar-refractivity contribution in [1.29, 1.82) is 0 Å². The SMILES string of the molecule is CCc1ccc(CNC(=O)C(C)N2C(=O)N3CCc4c([nH]c5ccc(OC)cc45)C3(C)C2=O)cc1. The second-order valence-electron chi connectivity index (χ2n) is 9.39. The van der Waals surface area contributed by atoms with Crippen molar-refractivity contribution in [1.82, 2.24) is 20.1 Å². The van der Waals surface area contributed by atoms with Crippen LogP contribution in [-0.4, -0.2) is 52.3 Å². The average molecular weight is 475 g/mol. The first-order valence-electron chi connectivity index (χ1n) is 12.0. The predicted octanol–water partition coefficient (Wildman–Crippen LogP) is 3.48. The molecule has 1 saturated heterocycles. The highest BCUT2D eigenvalue weighted by atomic mass is 16.5. The largest absolute Gasteiger partial charge is 0.497 e. The van der Waals surface area contributed by atoms with Crippen LogP contribution in [0.25, 0.3) is 10.9 Å². The molecule has 1 fully saturated rings. The van der Waals surface area contributed by atoms with Crippen LogP contribution in [0.3, 0.4) is 0 Å². The van der Waals surface area contributed by atoms with Crippen LogP contribution in [0.2, 0.25) is 0 Å². The summed E-state index contributed by atoms with van der Waals surface area (Å²) in [5.41, 5.74) is 3.59. The molecule has 2 aromatic carbocycles. The van der Waals surface area contributed by atoms with Gasteiger partial charge in [0, 0.05) is 24.0 Å². The molecule has 8 heteroatoms. The van der Waals surface area contributed by atoms with Crippen LogP contribution in [-0.2, 0) is 34.5 Å². The summed E-state index contributed by atoms with van der Waals surface area (Å²) < 4.78 is 5.38. The Hall–Kier alpha value is -3.81. The summed E-state index contributed by atoms with van der Waals surface area (Å²) in [4.78, 5) is 46.2. The van der Waals surface area contributed by atoms with E-state index in [0.717, 1.165) is 39.1 Å². The number of carbonyl (C=O) groups excluding carboxylic acids is 3. The number of nitrogens with zero attached hydrogens (tertiary/aromatic N) is 2. The lowest BCUT2D eigenvalue weighted by atomic mass is 9.87. The number of aromatic amines is 1. The maximum Gasteiger partial charge on any atom is 0.328 e. The van der Waals surface area contributed by atoms with Gasteiger partial charge in [-0.25, -0.2) is 9.69 Å². The van der Waals surface area contributed by atoms with Gasteiger partial charge in [-0.05, 0) is 61.6 Å². The van der Waals surface area contributed by atoms with E-state index in [9.17, 15) is 14.4 Å². The molecule has 3 heterocycles. The van der Waals surface area contributed by atoms with Crippen LogP contribution < -0.4 is 10.1 Å². The molecule has 2 N–H and O–H groups in total. The lowest BCUT2D eigenvalue weighted by Crippen LogP contribution is -2.49. The van der Waals surface area contributed by atoms with Crippen molar-refractivity contribution in [3.05, 3.63) is 64.8 Å². The number of ether oxygens (including phenoxy) is 1. The molecule has 0 saturated carbocycles. The molecule has 5 rings (SSSR count). The number of hydrogen-bond donors (Lipinski definition) is 2. The fourth-order valence-corrected chi connectivity index (χ4v) is 5.26. The van der Waals surface area contributed by atoms with Crippen LogP contribution in [0.1, 0.15) is 43.2 Å². The molecule has 0 aliphatic carbocycles. The van der Waals surface area contributed by atoms with Gasteiger partial charge in [-0.1, -0.05) is 31.2 Å². The van der Waals surface area contributed by atoms with Gasteiger partial charge in [0.05, 0.1) is 12.8 Å². The van der Waals surface area contributed by atoms with Crippen LogP contribution in [0, 0.1) is 0 Å². The Morgan fingerprint density at radius 1 is 1.17 bits per heavy atom. The fourth-order valence-electron chi connectivity index (χ4n) is 5.26. The number of fused-ring (bicyclic) bond motifs is 5. The lowest BCUT2D eigenvalue weighted by Gasteiger charge is -2.36. The highest BCUT2D eigenvalue weighted by Crippen LogP contribution is 2.45. The van der Waals surface area contributed by atoms with Gasteiger partial charge in [-0.15, -0.1) is 0 Å². The third kappa shape index (κ3) is 3.47. The van der Waals surface area contributed by atoms with E-state index >= 15 is 0 Å². The van der Waals surface area contributed by atoms with Crippen molar-refractivity contribution >= 4 is 28.7 Å². The summed E-state index contributed by atoms with van der Waals surface area (Å²) in [5, 5.41) is 3.86. The molecule has 4 amide bonds. The second-order valence-corrected chi connectivity index (χ2v) is 9.39. The van der Waals surface area contributed by atoms with Gasteiger partial charge in [0.2, 0.25) is 5.91 Å². The Labute approximate surface area is 204 Å². The molecule has 0 spiro atoms. The van der Waals surface area contributed by atoms with E-state index in [1.165, 1.54) is 5.56 Å². The number of aromatic nitrogens is 1. The summed E-state index contributed by atoms with van der Waals surface area (Å²) >= 11 is 0. The summed E-state index contributed by atoms with van der Waals surface area (Å²) in [6, 6.07) is 12.4. The zero-order valence-corrected chi connectivity index (χ0v) is 20.5. The molecular formula is C27H30N4O4. The Morgan fingerprint density at radius 2 is 1.89 bits per heavy atom. The molecule has 2 aliphatic rings. The van der Waals surface area contributed by atoms with Crippen LogP contribution in [0.15, 0.2) is 42.5 Å². The van der Waals surface area contributed by atoms with Gasteiger partial charge in [0.1, 0.15) is 11.8 Å². The van der Waals surface area contributed by atoms with Crippen molar-refractivity contribution in [3.8, 4) is 5.75 Å². The monoisotopic (exact) mass is 474 g/mol. The molecule has 2 unspecified atom stereocenters. The highest BCUT2D eigenvalue weighted by Gasteiger charge is 2.60. The molecular weight excluding hydrogens is 444 g/mol. The number of H-pyrrole nitrogens is 1. The summed E-state index contributed by atoms with van der Waals surface area (Å²) in [6.07, 6.45) is 1.56. The Bertz CT molecular complexity index is 1330. The molecule has 1 aromatic heterocycles. The lowest BCUT2D eigenvalue weighted by molar-refractivity contribution is -0.139. The van der Waals surface area contributed by atoms with E-state index in [4.69, 9.17) is 4.74 Å². The van der Waals surface area contributed by atoms with Gasteiger partial charge >= 0.3 is 6.03 Å².